The van der Waals surface area contributed by atoms with Gasteiger partial charge >= 0.3 is 6.18 Å². The lowest BCUT2D eigenvalue weighted by Gasteiger charge is -2.25. The minimum atomic E-state index is -4.47. The van der Waals surface area contributed by atoms with Gasteiger partial charge in [0.15, 0.2) is 0 Å². The van der Waals surface area contributed by atoms with E-state index < -0.39 is 23.2 Å². The van der Waals surface area contributed by atoms with Gasteiger partial charge in [-0.2, -0.15) is 13.2 Å². The second-order valence-corrected chi connectivity index (χ2v) is 5.16. The van der Waals surface area contributed by atoms with Crippen molar-refractivity contribution in [3.63, 3.8) is 0 Å². The molecule has 1 nitrogen and oxygen atoms in total. The number of halogens is 4. The van der Waals surface area contributed by atoms with Crippen LogP contribution in [0.5, 0.6) is 0 Å². The van der Waals surface area contributed by atoms with Gasteiger partial charge < -0.3 is 5.11 Å². The molecule has 0 aliphatic heterocycles. The summed E-state index contributed by atoms with van der Waals surface area (Å²) in [7, 11) is 0. The van der Waals surface area contributed by atoms with Crippen LogP contribution in [-0.4, -0.2) is 5.11 Å². The summed E-state index contributed by atoms with van der Waals surface area (Å²) >= 11 is 0. The average molecular weight is 298 g/mol. The molecule has 0 amide bonds. The van der Waals surface area contributed by atoms with Crippen LogP contribution in [-0.2, 0) is 18.2 Å². The third-order valence-electron chi connectivity index (χ3n) is 3.25. The second-order valence-electron chi connectivity index (χ2n) is 5.16. The summed E-state index contributed by atoms with van der Waals surface area (Å²) in [6.45, 7) is 1.41. The SMILES string of the molecule is CC(O)(Cc1cccc(F)c1)c1cccc(C(F)(F)F)c1. The standard InChI is InChI=1S/C16H14F4O/c1-15(21,10-11-4-2-7-14(17)8-11)12-5-3-6-13(9-12)16(18,19)20/h2-9,21H,10H2,1H3. The van der Waals surface area contributed by atoms with Crippen LogP contribution in [0.2, 0.25) is 0 Å². The zero-order valence-corrected chi connectivity index (χ0v) is 11.3. The Labute approximate surface area is 119 Å². The molecule has 2 rings (SSSR count). The van der Waals surface area contributed by atoms with E-state index in [0.29, 0.717) is 5.56 Å². The maximum atomic E-state index is 13.1. The third kappa shape index (κ3) is 3.82. The molecule has 2 aromatic rings. The highest BCUT2D eigenvalue weighted by molar-refractivity contribution is 5.31. The van der Waals surface area contributed by atoms with Crippen molar-refractivity contribution in [3.8, 4) is 0 Å². The molecule has 112 valence electrons. The molecule has 0 radical (unpaired) electrons. The summed E-state index contributed by atoms with van der Waals surface area (Å²) in [5.41, 5.74) is -1.69. The lowest BCUT2D eigenvalue weighted by molar-refractivity contribution is -0.137. The minimum absolute atomic E-state index is 0.0199. The van der Waals surface area contributed by atoms with Gasteiger partial charge in [-0.1, -0.05) is 24.3 Å². The van der Waals surface area contributed by atoms with Gasteiger partial charge in [-0.05, 0) is 42.3 Å². The zero-order chi connectivity index (χ0) is 15.7. The monoisotopic (exact) mass is 298 g/mol. The van der Waals surface area contributed by atoms with E-state index in [1.807, 2.05) is 0 Å². The van der Waals surface area contributed by atoms with Crippen molar-refractivity contribution in [2.24, 2.45) is 0 Å². The Kier molecular flexibility index (Phi) is 4.05. The smallest absolute Gasteiger partial charge is 0.385 e. The maximum Gasteiger partial charge on any atom is 0.416 e. The number of hydrogen-bond donors (Lipinski definition) is 1. The molecule has 0 spiro atoms. The molecule has 0 heterocycles. The van der Waals surface area contributed by atoms with Crippen molar-refractivity contribution in [1.82, 2.24) is 0 Å². The minimum Gasteiger partial charge on any atom is -0.385 e. The van der Waals surface area contributed by atoms with Crippen LogP contribution in [0.3, 0.4) is 0 Å². The van der Waals surface area contributed by atoms with Crippen LogP contribution < -0.4 is 0 Å². The molecule has 0 saturated heterocycles. The Hall–Kier alpha value is -1.88. The molecule has 0 aliphatic rings. The molecule has 5 heteroatoms. The topological polar surface area (TPSA) is 20.2 Å². The highest BCUT2D eigenvalue weighted by Gasteiger charge is 2.32. The van der Waals surface area contributed by atoms with E-state index in [0.717, 1.165) is 12.1 Å². The number of benzene rings is 2. The lowest BCUT2D eigenvalue weighted by atomic mass is 9.88. The Morgan fingerprint density at radius 3 is 2.19 bits per heavy atom. The quantitative estimate of drug-likeness (QED) is 0.838. The third-order valence-corrected chi connectivity index (χ3v) is 3.25. The summed E-state index contributed by atoms with van der Waals surface area (Å²) in [5, 5.41) is 10.4. The van der Waals surface area contributed by atoms with Crippen LogP contribution in [0.1, 0.15) is 23.6 Å². The number of rotatable bonds is 3. The van der Waals surface area contributed by atoms with Crippen LogP contribution in [0.25, 0.3) is 0 Å². The van der Waals surface area contributed by atoms with Crippen molar-refractivity contribution in [2.45, 2.75) is 25.1 Å². The number of aliphatic hydroxyl groups is 1. The Bertz CT molecular complexity index is 632. The van der Waals surface area contributed by atoms with Crippen molar-refractivity contribution >= 4 is 0 Å². The fraction of sp³-hybridized carbons (Fsp3) is 0.250. The van der Waals surface area contributed by atoms with Crippen molar-refractivity contribution in [2.75, 3.05) is 0 Å². The van der Waals surface area contributed by atoms with Crippen molar-refractivity contribution in [3.05, 3.63) is 71.0 Å². The molecule has 0 aromatic heterocycles. The van der Waals surface area contributed by atoms with Gasteiger partial charge in [0.05, 0.1) is 11.2 Å². The normalized spacial score (nSPS) is 14.8. The molecule has 1 atom stereocenters. The summed E-state index contributed by atoms with van der Waals surface area (Å²) in [6, 6.07) is 10.2. The first-order chi connectivity index (χ1) is 9.68. The van der Waals surface area contributed by atoms with Crippen molar-refractivity contribution in [1.29, 1.82) is 0 Å². The van der Waals surface area contributed by atoms with E-state index >= 15 is 0 Å². The van der Waals surface area contributed by atoms with Crippen LogP contribution >= 0.6 is 0 Å². The first-order valence-corrected chi connectivity index (χ1v) is 6.33. The van der Waals surface area contributed by atoms with E-state index in [1.165, 1.54) is 37.3 Å². The van der Waals surface area contributed by atoms with Gasteiger partial charge in [0.1, 0.15) is 5.82 Å². The fourth-order valence-electron chi connectivity index (χ4n) is 2.18. The molecular formula is C16H14F4O. The van der Waals surface area contributed by atoms with E-state index in [2.05, 4.69) is 0 Å². The molecule has 21 heavy (non-hydrogen) atoms. The van der Waals surface area contributed by atoms with Crippen molar-refractivity contribution < 1.29 is 22.7 Å². The molecule has 0 bridgehead atoms. The predicted molar refractivity (Wildman–Crippen MR) is 71.1 cm³/mol. The van der Waals surface area contributed by atoms with Gasteiger partial charge in [-0.25, -0.2) is 4.39 Å². The molecule has 0 fully saturated rings. The molecule has 0 aliphatic carbocycles. The highest BCUT2D eigenvalue weighted by atomic mass is 19.4. The first-order valence-electron chi connectivity index (χ1n) is 6.33. The van der Waals surface area contributed by atoms with E-state index in [9.17, 15) is 22.7 Å². The van der Waals surface area contributed by atoms with Crippen LogP contribution in [0, 0.1) is 5.82 Å². The largest absolute Gasteiger partial charge is 0.416 e. The average Bonchev–Trinajstić information content (AvgIpc) is 2.37. The highest BCUT2D eigenvalue weighted by Crippen LogP contribution is 2.33. The van der Waals surface area contributed by atoms with Gasteiger partial charge in [0, 0.05) is 6.42 Å². The maximum absolute atomic E-state index is 13.1. The molecule has 0 saturated carbocycles. The van der Waals surface area contributed by atoms with E-state index in [4.69, 9.17) is 0 Å². The number of hydrogen-bond acceptors (Lipinski definition) is 1. The van der Waals surface area contributed by atoms with Gasteiger partial charge in [0.25, 0.3) is 0 Å². The first kappa shape index (κ1) is 15.5. The second kappa shape index (κ2) is 5.48. The van der Waals surface area contributed by atoms with Crippen LogP contribution in [0.4, 0.5) is 17.6 Å². The van der Waals surface area contributed by atoms with Gasteiger partial charge in [-0.15, -0.1) is 0 Å². The summed E-state index contributed by atoms with van der Waals surface area (Å²) < 4.78 is 51.2. The van der Waals surface area contributed by atoms with Crippen LogP contribution in [0.15, 0.2) is 48.5 Å². The molecular weight excluding hydrogens is 284 g/mol. The Morgan fingerprint density at radius 1 is 0.952 bits per heavy atom. The Morgan fingerprint density at radius 2 is 1.57 bits per heavy atom. The predicted octanol–water partition coefficient (Wildman–Crippen LogP) is 4.29. The molecule has 2 aromatic carbocycles. The zero-order valence-electron chi connectivity index (χ0n) is 11.3. The Balaban J connectivity index is 2.31. The van der Waals surface area contributed by atoms with E-state index in [1.54, 1.807) is 6.07 Å². The summed E-state index contributed by atoms with van der Waals surface area (Å²) in [4.78, 5) is 0. The lowest BCUT2D eigenvalue weighted by Crippen LogP contribution is -2.25. The number of alkyl halides is 3. The fourth-order valence-corrected chi connectivity index (χ4v) is 2.18. The summed E-state index contributed by atoms with van der Waals surface area (Å²) in [5.74, 6) is -0.452. The molecule has 1 N–H and O–H groups in total. The van der Waals surface area contributed by atoms with Gasteiger partial charge in [0.2, 0.25) is 0 Å². The molecule has 1 unspecified atom stereocenters. The van der Waals surface area contributed by atoms with E-state index in [-0.39, 0.29) is 12.0 Å². The summed E-state index contributed by atoms with van der Waals surface area (Å²) in [6.07, 6.45) is -4.45. The van der Waals surface area contributed by atoms with Gasteiger partial charge in [-0.3, -0.25) is 0 Å².